The minimum atomic E-state index is -3.26. The summed E-state index contributed by atoms with van der Waals surface area (Å²) in [5, 5.41) is 4.71. The van der Waals surface area contributed by atoms with Crippen molar-refractivity contribution in [2.24, 2.45) is 0 Å². The lowest BCUT2D eigenvalue weighted by molar-refractivity contribution is 0.0934. The molecular weight excluding hydrogens is 334 g/mol. The maximum Gasteiger partial charge on any atom is 0.280 e. The smallest absolute Gasteiger partial charge is 0.280 e. The first kappa shape index (κ1) is 16.1. The molecule has 0 bridgehead atoms. The van der Waals surface area contributed by atoms with Crippen LogP contribution in [0.3, 0.4) is 0 Å². The van der Waals surface area contributed by atoms with Crippen molar-refractivity contribution in [3.05, 3.63) is 40.6 Å². The zero-order chi connectivity index (χ0) is 16.4. The fourth-order valence-electron chi connectivity index (χ4n) is 2.31. The summed E-state index contributed by atoms with van der Waals surface area (Å²) in [6.45, 7) is 1.91. The second-order valence-electron chi connectivity index (χ2n) is 5.43. The topological polar surface area (TPSA) is 89.0 Å². The highest BCUT2D eigenvalue weighted by molar-refractivity contribution is 7.92. The summed E-state index contributed by atoms with van der Waals surface area (Å²) in [7, 11) is -3.26. The first-order valence-electron chi connectivity index (χ1n) is 7.42. The van der Waals surface area contributed by atoms with E-state index in [9.17, 15) is 13.2 Å². The number of carbonyl (C=O) groups is 1. The van der Waals surface area contributed by atoms with E-state index in [1.165, 1.54) is 23.6 Å². The lowest BCUT2D eigenvalue weighted by Gasteiger charge is -2.16. The number of pyridine rings is 1. The predicted octanol–water partition coefficient (Wildman–Crippen LogP) is 2.36. The first-order valence-corrected chi connectivity index (χ1v) is 9.85. The molecule has 1 saturated carbocycles. The monoisotopic (exact) mass is 351 g/mol. The van der Waals surface area contributed by atoms with Crippen LogP contribution in [-0.2, 0) is 9.84 Å². The van der Waals surface area contributed by atoms with Gasteiger partial charge >= 0.3 is 0 Å². The van der Waals surface area contributed by atoms with Gasteiger partial charge in [-0.05, 0) is 31.4 Å². The number of nitrogens with one attached hydrogen (secondary N) is 1. The summed E-state index contributed by atoms with van der Waals surface area (Å²) < 4.78 is 24.7. The number of hydrogen-bond donors (Lipinski definition) is 1. The van der Waals surface area contributed by atoms with E-state index >= 15 is 0 Å². The lowest BCUT2D eigenvalue weighted by Crippen LogP contribution is -2.28. The average molecular weight is 351 g/mol. The van der Waals surface area contributed by atoms with Gasteiger partial charge in [0.15, 0.2) is 14.8 Å². The van der Waals surface area contributed by atoms with Gasteiger partial charge in [-0.15, -0.1) is 11.3 Å². The van der Waals surface area contributed by atoms with Gasteiger partial charge in [0.25, 0.3) is 5.91 Å². The van der Waals surface area contributed by atoms with Crippen LogP contribution in [0.1, 0.15) is 47.7 Å². The summed E-state index contributed by atoms with van der Waals surface area (Å²) in [6, 6.07) is 2.75. The van der Waals surface area contributed by atoms with Gasteiger partial charge in [-0.2, -0.15) is 0 Å². The molecule has 0 aromatic carbocycles. The molecule has 1 aliphatic carbocycles. The van der Waals surface area contributed by atoms with E-state index in [1.807, 2.05) is 6.92 Å². The molecule has 2 heterocycles. The molecule has 0 spiro atoms. The second-order valence-corrected chi connectivity index (χ2v) is 8.55. The van der Waals surface area contributed by atoms with E-state index in [4.69, 9.17) is 0 Å². The highest BCUT2D eigenvalue weighted by Gasteiger charge is 2.37. The Morgan fingerprint density at radius 1 is 1.39 bits per heavy atom. The minimum absolute atomic E-state index is 0.261. The molecule has 1 fully saturated rings. The molecule has 1 N–H and O–H groups in total. The Morgan fingerprint density at radius 2 is 2.17 bits per heavy atom. The fraction of sp³-hybridized carbons (Fsp3) is 0.400. The molecular formula is C15H17N3O3S2. The molecule has 0 aliphatic heterocycles. The number of sulfone groups is 1. The zero-order valence-corrected chi connectivity index (χ0v) is 14.2. The van der Waals surface area contributed by atoms with Gasteiger partial charge in [0.2, 0.25) is 0 Å². The second kappa shape index (κ2) is 6.37. The van der Waals surface area contributed by atoms with Crippen LogP contribution in [0.25, 0.3) is 0 Å². The number of hydrogen-bond acceptors (Lipinski definition) is 6. The maximum absolute atomic E-state index is 12.3. The van der Waals surface area contributed by atoms with Gasteiger partial charge < -0.3 is 5.32 Å². The molecule has 23 heavy (non-hydrogen) atoms. The predicted molar refractivity (Wildman–Crippen MR) is 87.1 cm³/mol. The maximum atomic E-state index is 12.3. The quantitative estimate of drug-likeness (QED) is 0.863. The van der Waals surface area contributed by atoms with Crippen molar-refractivity contribution in [1.82, 2.24) is 15.3 Å². The van der Waals surface area contributed by atoms with Gasteiger partial charge in [-0.1, -0.05) is 6.92 Å². The van der Waals surface area contributed by atoms with Gasteiger partial charge in [-0.3, -0.25) is 9.78 Å². The number of nitrogens with zero attached hydrogens (tertiary/aromatic N) is 2. The van der Waals surface area contributed by atoms with E-state index in [1.54, 1.807) is 17.6 Å². The van der Waals surface area contributed by atoms with Crippen molar-refractivity contribution in [2.45, 2.75) is 42.4 Å². The van der Waals surface area contributed by atoms with E-state index in [-0.39, 0.29) is 22.1 Å². The molecule has 1 atom stereocenters. The molecule has 1 unspecified atom stereocenters. The van der Waals surface area contributed by atoms with Crippen LogP contribution in [0.2, 0.25) is 0 Å². The van der Waals surface area contributed by atoms with Crippen LogP contribution in [0.4, 0.5) is 0 Å². The molecule has 2 aromatic rings. The number of amides is 1. The summed E-state index contributed by atoms with van der Waals surface area (Å²) in [5.74, 6) is -0.274. The molecule has 0 radical (unpaired) electrons. The Balaban J connectivity index is 1.83. The first-order chi connectivity index (χ1) is 11.0. The number of carbonyl (C=O) groups excluding carboxylic acids is 1. The van der Waals surface area contributed by atoms with Gasteiger partial charge in [0.1, 0.15) is 0 Å². The van der Waals surface area contributed by atoms with Crippen LogP contribution in [0.15, 0.2) is 34.8 Å². The Hall–Kier alpha value is -1.80. The molecule has 1 amide bonds. The third-order valence-electron chi connectivity index (χ3n) is 3.74. The Bertz CT molecular complexity index is 799. The summed E-state index contributed by atoms with van der Waals surface area (Å²) >= 11 is 1.26. The van der Waals surface area contributed by atoms with Crippen molar-refractivity contribution in [3.8, 4) is 0 Å². The van der Waals surface area contributed by atoms with E-state index in [2.05, 4.69) is 15.3 Å². The molecule has 0 saturated heterocycles. The minimum Gasteiger partial charge on any atom is -0.342 e. The highest BCUT2D eigenvalue weighted by Crippen LogP contribution is 2.34. The Kier molecular flexibility index (Phi) is 4.45. The molecule has 122 valence electrons. The third kappa shape index (κ3) is 3.42. The number of thiazole rings is 1. The lowest BCUT2D eigenvalue weighted by atomic mass is 10.1. The Morgan fingerprint density at radius 3 is 2.78 bits per heavy atom. The Labute approximate surface area is 138 Å². The van der Waals surface area contributed by atoms with Crippen LogP contribution in [-0.4, -0.2) is 29.5 Å². The largest absolute Gasteiger partial charge is 0.342 e. The van der Waals surface area contributed by atoms with Crippen molar-refractivity contribution in [1.29, 1.82) is 0 Å². The van der Waals surface area contributed by atoms with Crippen LogP contribution < -0.4 is 5.32 Å². The standard InChI is InChI=1S/C15H17N3O3S2/c1-2-12(18-14(19)15-17-7-8-22-15)13-9-11(5-6-16-13)23(20,21)10-3-4-10/h5-10,12H,2-4H2,1H3,(H,18,19). The van der Waals surface area contributed by atoms with Crippen LogP contribution >= 0.6 is 11.3 Å². The molecule has 1 aliphatic rings. The number of aromatic nitrogens is 2. The van der Waals surface area contributed by atoms with E-state index in [0.717, 1.165) is 12.8 Å². The summed E-state index contributed by atoms with van der Waals surface area (Å²) in [6.07, 6.45) is 5.11. The SMILES string of the molecule is CCC(NC(=O)c1nccs1)c1cc(S(=O)(=O)C2CC2)ccn1. The normalized spacial score (nSPS) is 16.0. The van der Waals surface area contributed by atoms with Gasteiger partial charge in [-0.25, -0.2) is 13.4 Å². The summed E-state index contributed by atoms with van der Waals surface area (Å²) in [5.41, 5.74) is 0.555. The summed E-state index contributed by atoms with van der Waals surface area (Å²) in [4.78, 5) is 20.6. The average Bonchev–Trinajstić information content (AvgIpc) is 3.28. The molecule has 8 heteroatoms. The molecule has 2 aromatic heterocycles. The van der Waals surface area contributed by atoms with Crippen LogP contribution in [0.5, 0.6) is 0 Å². The van der Waals surface area contributed by atoms with Crippen molar-refractivity contribution >= 4 is 27.1 Å². The van der Waals surface area contributed by atoms with Crippen molar-refractivity contribution in [2.75, 3.05) is 0 Å². The van der Waals surface area contributed by atoms with Crippen molar-refractivity contribution in [3.63, 3.8) is 0 Å². The van der Waals surface area contributed by atoms with Crippen molar-refractivity contribution < 1.29 is 13.2 Å². The van der Waals surface area contributed by atoms with E-state index < -0.39 is 9.84 Å². The van der Waals surface area contributed by atoms with Gasteiger partial charge in [0, 0.05) is 17.8 Å². The zero-order valence-electron chi connectivity index (χ0n) is 12.6. The van der Waals surface area contributed by atoms with Gasteiger partial charge in [0.05, 0.1) is 21.9 Å². The number of rotatable bonds is 6. The highest BCUT2D eigenvalue weighted by atomic mass is 32.2. The third-order valence-corrected chi connectivity index (χ3v) is 6.77. The molecule has 6 nitrogen and oxygen atoms in total. The molecule has 3 rings (SSSR count). The van der Waals surface area contributed by atoms with Crippen LogP contribution in [0, 0.1) is 0 Å². The fourth-order valence-corrected chi connectivity index (χ4v) is 4.52. The van der Waals surface area contributed by atoms with E-state index in [0.29, 0.717) is 17.1 Å².